The van der Waals surface area contributed by atoms with Crippen molar-refractivity contribution in [2.75, 3.05) is 6.54 Å². The molecule has 0 radical (unpaired) electrons. The average molecular weight is 347 g/mol. The second-order valence-corrected chi connectivity index (χ2v) is 7.39. The Balaban J connectivity index is 1.87. The van der Waals surface area contributed by atoms with Crippen LogP contribution in [0.5, 0.6) is 0 Å². The number of carbonyl (C=O) groups excluding carboxylic acids is 1. The van der Waals surface area contributed by atoms with Gasteiger partial charge in [-0.15, -0.1) is 0 Å². The van der Waals surface area contributed by atoms with Crippen molar-refractivity contribution >= 4 is 15.9 Å². The number of rotatable bonds is 7. The van der Waals surface area contributed by atoms with E-state index in [-0.39, 0.29) is 18.2 Å². The zero-order chi connectivity index (χ0) is 17.6. The minimum Gasteiger partial charge on any atom is -0.351 e. The van der Waals surface area contributed by atoms with Crippen molar-refractivity contribution in [3.05, 3.63) is 65.0 Å². The Morgan fingerprint density at radius 1 is 1.08 bits per heavy atom. The molecule has 0 atom stereocenters. The molecule has 2 rings (SSSR count). The molecule has 1 heterocycles. The van der Waals surface area contributed by atoms with Crippen LogP contribution in [-0.2, 0) is 27.1 Å². The van der Waals surface area contributed by atoms with E-state index < -0.39 is 10.0 Å². The Bertz CT molecular complexity index is 785. The number of hydrogen-bond donors (Lipinski definition) is 2. The summed E-state index contributed by atoms with van der Waals surface area (Å²) in [5.41, 5.74) is 3.50. The highest BCUT2D eigenvalue weighted by atomic mass is 32.2. The number of hydrogen-bond acceptors (Lipinski definition) is 4. The van der Waals surface area contributed by atoms with Crippen LogP contribution in [-0.4, -0.2) is 25.9 Å². The van der Waals surface area contributed by atoms with Gasteiger partial charge in [0.2, 0.25) is 15.9 Å². The summed E-state index contributed by atoms with van der Waals surface area (Å²) in [6.45, 7) is 3.80. The van der Waals surface area contributed by atoms with E-state index in [1.165, 1.54) is 0 Å². The Kier molecular flexibility index (Phi) is 6.05. The predicted octanol–water partition coefficient (Wildman–Crippen LogP) is 1.43. The van der Waals surface area contributed by atoms with E-state index >= 15 is 0 Å². The fourth-order valence-electron chi connectivity index (χ4n) is 2.26. The third-order valence-electron chi connectivity index (χ3n) is 3.67. The number of aromatic nitrogens is 1. The lowest BCUT2D eigenvalue weighted by atomic mass is 10.1. The Labute approximate surface area is 142 Å². The van der Waals surface area contributed by atoms with Crippen molar-refractivity contribution in [1.29, 1.82) is 0 Å². The van der Waals surface area contributed by atoms with E-state index in [0.29, 0.717) is 6.54 Å². The zero-order valence-corrected chi connectivity index (χ0v) is 14.6. The van der Waals surface area contributed by atoms with Gasteiger partial charge < -0.3 is 5.32 Å². The Morgan fingerprint density at radius 2 is 1.71 bits per heavy atom. The van der Waals surface area contributed by atoms with Crippen LogP contribution in [0, 0.1) is 13.8 Å². The molecule has 0 spiro atoms. The number of nitrogens with zero attached hydrogens (tertiary/aromatic N) is 1. The summed E-state index contributed by atoms with van der Waals surface area (Å²) in [5.74, 6) is -0.514. The molecule has 7 heteroatoms. The first-order valence-electron chi connectivity index (χ1n) is 7.55. The molecule has 0 aliphatic carbocycles. The first-order chi connectivity index (χ1) is 11.4. The fourth-order valence-corrected chi connectivity index (χ4v) is 3.55. The second-order valence-electron chi connectivity index (χ2n) is 5.58. The van der Waals surface area contributed by atoms with E-state index in [1.54, 1.807) is 24.5 Å². The van der Waals surface area contributed by atoms with E-state index in [1.807, 2.05) is 32.0 Å². The van der Waals surface area contributed by atoms with Crippen LogP contribution < -0.4 is 10.0 Å². The van der Waals surface area contributed by atoms with Crippen LogP contribution in [0.15, 0.2) is 42.7 Å². The highest BCUT2D eigenvalue weighted by Gasteiger charge is 2.16. The van der Waals surface area contributed by atoms with Gasteiger partial charge in [-0.2, -0.15) is 0 Å². The van der Waals surface area contributed by atoms with Crippen LogP contribution >= 0.6 is 0 Å². The lowest BCUT2D eigenvalue weighted by molar-refractivity contribution is -0.120. The lowest BCUT2D eigenvalue weighted by Gasteiger charge is -2.11. The standard InChI is InChI=1S/C17H21N3O3S/c1-13-4-3-5-14(2)16(13)12-24(22,23)20-11-17(21)19-10-15-6-8-18-9-7-15/h3-9,20H,10-12H2,1-2H3,(H,19,21). The summed E-state index contributed by atoms with van der Waals surface area (Å²) in [6, 6.07) is 9.20. The molecule has 0 bridgehead atoms. The number of benzene rings is 1. The predicted molar refractivity (Wildman–Crippen MR) is 92.6 cm³/mol. The van der Waals surface area contributed by atoms with E-state index in [0.717, 1.165) is 22.3 Å². The molecular formula is C17H21N3O3S. The van der Waals surface area contributed by atoms with Crippen molar-refractivity contribution in [3.63, 3.8) is 0 Å². The van der Waals surface area contributed by atoms with Crippen molar-refractivity contribution in [2.24, 2.45) is 0 Å². The van der Waals surface area contributed by atoms with Gasteiger partial charge >= 0.3 is 0 Å². The number of aryl methyl sites for hydroxylation is 2. The normalized spacial score (nSPS) is 11.2. The average Bonchev–Trinajstić information content (AvgIpc) is 2.56. The first kappa shape index (κ1) is 18.1. The SMILES string of the molecule is Cc1cccc(C)c1CS(=O)(=O)NCC(=O)NCc1ccncc1. The highest BCUT2D eigenvalue weighted by Crippen LogP contribution is 2.15. The van der Waals surface area contributed by atoms with Crippen LogP contribution in [0.3, 0.4) is 0 Å². The molecule has 6 nitrogen and oxygen atoms in total. The van der Waals surface area contributed by atoms with Crippen LogP contribution in [0.25, 0.3) is 0 Å². The molecule has 0 aliphatic heterocycles. The molecule has 0 unspecified atom stereocenters. The van der Waals surface area contributed by atoms with Gasteiger partial charge in [-0.1, -0.05) is 18.2 Å². The molecular weight excluding hydrogens is 326 g/mol. The van der Waals surface area contributed by atoms with Crippen LogP contribution in [0.2, 0.25) is 0 Å². The van der Waals surface area contributed by atoms with Gasteiger partial charge in [0.25, 0.3) is 0 Å². The quantitative estimate of drug-likeness (QED) is 0.793. The summed E-state index contributed by atoms with van der Waals surface area (Å²) in [7, 11) is -3.58. The molecule has 0 saturated carbocycles. The van der Waals surface area contributed by atoms with Crippen LogP contribution in [0.1, 0.15) is 22.3 Å². The van der Waals surface area contributed by atoms with Crippen molar-refractivity contribution in [1.82, 2.24) is 15.0 Å². The largest absolute Gasteiger partial charge is 0.351 e. The molecule has 1 aromatic carbocycles. The van der Waals surface area contributed by atoms with Gasteiger partial charge in [0.15, 0.2) is 0 Å². The molecule has 0 fully saturated rings. The number of sulfonamides is 1. The second kappa shape index (κ2) is 8.03. The van der Waals surface area contributed by atoms with Gasteiger partial charge in [0.1, 0.15) is 0 Å². The molecule has 1 amide bonds. The van der Waals surface area contributed by atoms with E-state index in [9.17, 15) is 13.2 Å². The highest BCUT2D eigenvalue weighted by molar-refractivity contribution is 7.88. The van der Waals surface area contributed by atoms with Crippen molar-refractivity contribution < 1.29 is 13.2 Å². The number of pyridine rings is 1. The first-order valence-corrected chi connectivity index (χ1v) is 9.20. The summed E-state index contributed by atoms with van der Waals surface area (Å²) >= 11 is 0. The van der Waals surface area contributed by atoms with Crippen LogP contribution in [0.4, 0.5) is 0 Å². The third kappa shape index (κ3) is 5.43. The molecule has 2 N–H and O–H groups in total. The van der Waals surface area contributed by atoms with Gasteiger partial charge in [-0.05, 0) is 48.2 Å². The van der Waals surface area contributed by atoms with Crippen molar-refractivity contribution in [2.45, 2.75) is 26.1 Å². The lowest BCUT2D eigenvalue weighted by Crippen LogP contribution is -2.37. The van der Waals surface area contributed by atoms with Crippen molar-refractivity contribution in [3.8, 4) is 0 Å². The summed E-state index contributed by atoms with van der Waals surface area (Å²) in [5, 5.41) is 2.66. The maximum Gasteiger partial charge on any atom is 0.235 e. The zero-order valence-electron chi connectivity index (χ0n) is 13.7. The molecule has 128 valence electrons. The fraction of sp³-hybridized carbons (Fsp3) is 0.294. The minimum absolute atomic E-state index is 0.136. The summed E-state index contributed by atoms with van der Waals surface area (Å²) in [6.07, 6.45) is 3.27. The Morgan fingerprint density at radius 3 is 2.33 bits per heavy atom. The van der Waals surface area contributed by atoms with Gasteiger partial charge in [-0.3, -0.25) is 9.78 Å². The maximum atomic E-state index is 12.2. The van der Waals surface area contributed by atoms with E-state index in [4.69, 9.17) is 0 Å². The topological polar surface area (TPSA) is 88.2 Å². The minimum atomic E-state index is -3.58. The van der Waals surface area contributed by atoms with Gasteiger partial charge in [0, 0.05) is 18.9 Å². The molecule has 1 aromatic heterocycles. The number of carbonyl (C=O) groups is 1. The monoisotopic (exact) mass is 347 g/mol. The third-order valence-corrected chi connectivity index (χ3v) is 4.92. The molecule has 2 aromatic rings. The number of nitrogens with one attached hydrogen (secondary N) is 2. The maximum absolute atomic E-state index is 12.2. The van der Waals surface area contributed by atoms with Gasteiger partial charge in [-0.25, -0.2) is 13.1 Å². The Hall–Kier alpha value is -2.25. The smallest absolute Gasteiger partial charge is 0.235 e. The number of amides is 1. The molecule has 0 aliphatic rings. The summed E-state index contributed by atoms with van der Waals surface area (Å²) in [4.78, 5) is 15.7. The molecule has 0 saturated heterocycles. The van der Waals surface area contributed by atoms with E-state index in [2.05, 4.69) is 15.0 Å². The van der Waals surface area contributed by atoms with Gasteiger partial charge in [0.05, 0.1) is 12.3 Å². The molecule has 24 heavy (non-hydrogen) atoms. The summed E-state index contributed by atoms with van der Waals surface area (Å²) < 4.78 is 26.7.